The first-order valence-electron chi connectivity index (χ1n) is 2.48. The third-order valence-electron chi connectivity index (χ3n) is 0.949. The highest BCUT2D eigenvalue weighted by Crippen LogP contribution is 1.90. The van der Waals surface area contributed by atoms with E-state index in [0.717, 1.165) is 0 Å². The molecule has 0 radical (unpaired) electrons. The topological polar surface area (TPSA) is 0 Å². The molecule has 0 bridgehead atoms. The van der Waals surface area contributed by atoms with Crippen LogP contribution in [-0.2, 0) is 0 Å². The predicted molar refractivity (Wildman–Crippen MR) is 34.8 cm³/mol. The highest BCUT2D eigenvalue weighted by molar-refractivity contribution is 6.96. The molecule has 8 heavy (non-hydrogen) atoms. The highest BCUT2D eigenvalue weighted by atomic mass is 27.2. The van der Waals surface area contributed by atoms with Gasteiger partial charge >= 0.3 is 28.3 Å². The zero-order valence-electron chi connectivity index (χ0n) is 4.15. The molecule has 0 aromatic carbocycles. The lowest BCUT2D eigenvalue weighted by molar-refractivity contribution is 2.76. The van der Waals surface area contributed by atoms with Crippen molar-refractivity contribution in [2.75, 3.05) is 0 Å². The lowest BCUT2D eigenvalue weighted by atomic mass is 11.4. The van der Waals surface area contributed by atoms with Crippen molar-refractivity contribution >= 4 is 28.3 Å². The number of hydrogen-bond acceptors (Lipinski definition) is 0. The maximum absolute atomic E-state index is 3.12. The van der Waals surface area contributed by atoms with Crippen LogP contribution in [0.25, 0.3) is 0 Å². The van der Waals surface area contributed by atoms with Crippen LogP contribution in [0.15, 0.2) is 0 Å². The van der Waals surface area contributed by atoms with E-state index >= 15 is 0 Å². The molecule has 30 valence electrons. The molecule has 0 aromatic heterocycles. The summed E-state index contributed by atoms with van der Waals surface area (Å²) in [4.78, 5) is 18.2. The third-order valence-corrected chi connectivity index (χ3v) is 3.35. The highest BCUT2D eigenvalue weighted by Gasteiger charge is 2.22. The Labute approximate surface area is 57.0 Å². The van der Waals surface area contributed by atoms with E-state index in [1.807, 2.05) is 0 Å². The summed E-state index contributed by atoms with van der Waals surface area (Å²) >= 11 is -1.69. The summed E-state index contributed by atoms with van der Waals surface area (Å²) in [5, 5.41) is 0. The van der Waals surface area contributed by atoms with E-state index in [4.69, 9.17) is 0 Å². The van der Waals surface area contributed by atoms with E-state index in [-0.39, 0.29) is 0 Å². The molecule has 0 saturated heterocycles. The second-order valence-electron chi connectivity index (χ2n) is 1.73. The van der Waals surface area contributed by atoms with Gasteiger partial charge in [0.2, 0.25) is 0 Å². The normalized spacial score (nSPS) is 14.0. The molecule has 0 nitrogen and oxygen atoms in total. The van der Waals surface area contributed by atoms with Crippen molar-refractivity contribution in [2.24, 2.45) is 0 Å². The molecule has 0 fully saturated rings. The Bertz CT molecular complexity index is 251. The van der Waals surface area contributed by atoms with Crippen LogP contribution in [0.1, 0.15) is 0 Å². The van der Waals surface area contributed by atoms with Crippen molar-refractivity contribution in [3.05, 3.63) is 0 Å². The fraction of sp³-hybridized carbons (Fsp3) is 0. The van der Waals surface area contributed by atoms with Crippen molar-refractivity contribution in [1.82, 2.24) is 0 Å². The standard InChI is InChI=1S/3C2.2Al/c3*1-2;;. The van der Waals surface area contributed by atoms with Crippen LogP contribution in [0.3, 0.4) is 0 Å². The number of rotatable bonds is 0. The lowest BCUT2D eigenvalue weighted by Gasteiger charge is -1.61. The second kappa shape index (κ2) is 1.61. The predicted octanol–water partition coefficient (Wildman–Crippen LogP) is -0.751. The Kier molecular flexibility index (Phi) is 0.929. The van der Waals surface area contributed by atoms with Gasteiger partial charge in [-0.05, 0) is 0 Å². The molecular formula is C6Al2. The fourth-order valence-electron chi connectivity index (χ4n) is 0.394. The van der Waals surface area contributed by atoms with Gasteiger partial charge in [0.15, 0.2) is 0 Å². The molecular weight excluding hydrogens is 126 g/mol. The first-order valence-corrected chi connectivity index (χ1v) is 5.95. The average molecular weight is 126 g/mol. The maximum Gasteiger partial charge on any atom is 0.569 e. The van der Waals surface area contributed by atoms with Gasteiger partial charge < -0.3 is 0 Å². The van der Waals surface area contributed by atoms with Gasteiger partial charge in [0.25, 0.3) is 0 Å². The average Bonchev–Trinajstić information content (AvgIpc) is 2.60. The second-order valence-corrected chi connectivity index (χ2v) is 5.20. The van der Waals surface area contributed by atoms with Gasteiger partial charge in [0, 0.05) is 0 Å². The Hall–Kier alpha value is -0.255. The molecule has 0 aromatic rings. The molecule has 2 rings (SSSR count). The fourth-order valence-corrected chi connectivity index (χ4v) is 2.68. The van der Waals surface area contributed by atoms with Crippen LogP contribution < -0.4 is 0 Å². The minimum absolute atomic E-state index is 0.843. The summed E-state index contributed by atoms with van der Waals surface area (Å²) in [6.45, 7) is 0. The van der Waals surface area contributed by atoms with Gasteiger partial charge in [0.05, 0.1) is 0 Å². The summed E-state index contributed by atoms with van der Waals surface area (Å²) in [5.74, 6) is 0. The number of hydrogen-bond donors (Lipinski definition) is 0. The first-order chi connectivity index (χ1) is 3.95. The maximum atomic E-state index is 3.12. The Morgan fingerprint density at radius 3 is 1.38 bits per heavy atom. The van der Waals surface area contributed by atoms with Gasteiger partial charge in [-0.3, -0.25) is 0 Å². The van der Waals surface area contributed by atoms with Crippen molar-refractivity contribution < 1.29 is 0 Å². The molecule has 2 heteroatoms. The molecule has 0 N–H and O–H groups in total. The molecule has 0 amide bonds. The Balaban J connectivity index is 1.87. The molecule has 0 spiro atoms. The van der Waals surface area contributed by atoms with Crippen LogP contribution in [0.4, 0.5) is 0 Å². The zero-order chi connectivity index (χ0) is 5.40. The van der Waals surface area contributed by atoms with E-state index in [2.05, 4.69) is 28.7 Å². The lowest BCUT2D eigenvalue weighted by Crippen LogP contribution is -1.92. The summed E-state index contributed by atoms with van der Waals surface area (Å²) in [5.41, 5.74) is 0. The van der Waals surface area contributed by atoms with Gasteiger partial charge in [0.1, 0.15) is 0 Å². The van der Waals surface area contributed by atoms with Crippen LogP contribution in [0.2, 0.25) is 0 Å². The van der Waals surface area contributed by atoms with E-state index in [0.29, 0.717) is 0 Å². The van der Waals surface area contributed by atoms with Crippen LogP contribution in [0.5, 0.6) is 0 Å². The SMILES string of the molecule is [C]1#[C][Al]1[C]#[C][Al]1[C]#[C]1. The summed E-state index contributed by atoms with van der Waals surface area (Å²) in [7, 11) is 0. The molecule has 0 aliphatic carbocycles. The molecule has 2 aliphatic rings. The van der Waals surface area contributed by atoms with E-state index in [1.165, 1.54) is 0 Å². The Morgan fingerprint density at radius 1 is 0.750 bits per heavy atom. The minimum atomic E-state index is -0.843. The van der Waals surface area contributed by atoms with Gasteiger partial charge in [-0.25, -0.2) is 0 Å². The quantitative estimate of drug-likeness (QED) is 0.296. The van der Waals surface area contributed by atoms with E-state index < -0.39 is 28.3 Å². The molecule has 0 unspecified atom stereocenters. The molecule has 2 heterocycles. The van der Waals surface area contributed by atoms with E-state index in [1.54, 1.807) is 0 Å². The smallest absolute Gasteiger partial charge is 0.190 e. The first kappa shape index (κ1) is 4.61. The molecule has 0 atom stereocenters. The minimum Gasteiger partial charge on any atom is -0.190 e. The molecule has 2 aliphatic heterocycles. The van der Waals surface area contributed by atoms with Gasteiger partial charge in [-0.2, -0.15) is 28.7 Å². The largest absolute Gasteiger partial charge is 0.569 e. The van der Waals surface area contributed by atoms with Crippen molar-refractivity contribution in [3.8, 4) is 28.7 Å². The van der Waals surface area contributed by atoms with Crippen molar-refractivity contribution in [1.29, 1.82) is 0 Å². The monoisotopic (exact) mass is 126 g/mol. The van der Waals surface area contributed by atoms with E-state index in [9.17, 15) is 0 Å². The third kappa shape index (κ3) is 1.12. The van der Waals surface area contributed by atoms with Crippen LogP contribution >= 0.6 is 0 Å². The van der Waals surface area contributed by atoms with Crippen molar-refractivity contribution in [2.45, 2.75) is 0 Å². The molecule has 0 saturated carbocycles. The van der Waals surface area contributed by atoms with Crippen LogP contribution in [0, 0.1) is 28.7 Å². The van der Waals surface area contributed by atoms with Crippen molar-refractivity contribution in [3.63, 3.8) is 0 Å². The van der Waals surface area contributed by atoms with Gasteiger partial charge in [-0.15, -0.1) is 0 Å². The Morgan fingerprint density at radius 2 is 1.12 bits per heavy atom. The summed E-state index contributed by atoms with van der Waals surface area (Å²) in [6, 6.07) is 0. The summed E-state index contributed by atoms with van der Waals surface area (Å²) < 4.78 is 0. The van der Waals surface area contributed by atoms with Crippen LogP contribution in [-0.4, -0.2) is 28.3 Å². The zero-order valence-corrected chi connectivity index (χ0v) is 6.46. The van der Waals surface area contributed by atoms with Gasteiger partial charge in [-0.1, -0.05) is 0 Å². The summed E-state index contributed by atoms with van der Waals surface area (Å²) in [6.07, 6.45) is 0.